The van der Waals surface area contributed by atoms with E-state index in [4.69, 9.17) is 4.74 Å². The van der Waals surface area contributed by atoms with Crippen LogP contribution < -0.4 is 0 Å². The number of aliphatic hydroxyl groups is 1. The first-order valence-corrected chi connectivity index (χ1v) is 10.9. The number of aliphatic hydroxyl groups excluding tert-OH is 1. The number of rotatable bonds is 5. The number of sulfonamides is 1. The Bertz CT molecular complexity index is 1070. The number of carbonyl (C=O) groups excluding carboxylic acids is 1. The third-order valence-corrected chi connectivity index (χ3v) is 7.15. The maximum absolute atomic E-state index is 14.0. The maximum Gasteiger partial charge on any atom is 0.325 e. The number of ether oxygens (including phenoxy) is 1. The maximum atomic E-state index is 14.0. The summed E-state index contributed by atoms with van der Waals surface area (Å²) >= 11 is 0. The average molecular weight is 439 g/mol. The van der Waals surface area contributed by atoms with Crippen molar-refractivity contribution in [3.05, 3.63) is 64.7 Å². The minimum Gasteiger partial charge on any atom is -0.456 e. The molecule has 0 saturated carbocycles. The molecule has 1 saturated heterocycles. The zero-order valence-electron chi connectivity index (χ0n) is 16.8. The van der Waals surface area contributed by atoms with Gasteiger partial charge in [0.1, 0.15) is 23.8 Å². The third kappa shape index (κ3) is 4.38. The molecule has 3 atom stereocenters. The van der Waals surface area contributed by atoms with Gasteiger partial charge in [-0.05, 0) is 56.2 Å². The van der Waals surface area contributed by atoms with Gasteiger partial charge in [0.2, 0.25) is 10.0 Å². The lowest BCUT2D eigenvalue weighted by Gasteiger charge is -2.24. The minimum atomic E-state index is -4.07. The monoisotopic (exact) mass is 439 g/mol. The van der Waals surface area contributed by atoms with Gasteiger partial charge in [-0.2, -0.15) is 4.31 Å². The van der Waals surface area contributed by atoms with Gasteiger partial charge in [0, 0.05) is 24.6 Å². The van der Waals surface area contributed by atoms with Crippen LogP contribution in [0.1, 0.15) is 36.1 Å². The molecule has 1 aliphatic rings. The molecule has 3 rings (SSSR count). The number of carbonyl (C=O) groups is 1. The number of esters is 1. The van der Waals surface area contributed by atoms with E-state index in [1.54, 1.807) is 13.0 Å². The van der Waals surface area contributed by atoms with Crippen LogP contribution in [0.15, 0.2) is 41.3 Å². The van der Waals surface area contributed by atoms with E-state index in [0.29, 0.717) is 6.07 Å². The van der Waals surface area contributed by atoms with Gasteiger partial charge in [0.05, 0.1) is 11.0 Å². The van der Waals surface area contributed by atoms with Crippen molar-refractivity contribution in [1.29, 1.82) is 0 Å². The Morgan fingerprint density at radius 3 is 2.50 bits per heavy atom. The zero-order chi connectivity index (χ0) is 22.2. The Hall–Kier alpha value is -2.36. The van der Waals surface area contributed by atoms with Crippen molar-refractivity contribution in [2.45, 2.75) is 50.3 Å². The van der Waals surface area contributed by atoms with Crippen molar-refractivity contribution < 1.29 is 31.8 Å². The summed E-state index contributed by atoms with van der Waals surface area (Å²) in [5.41, 5.74) is 1.66. The quantitative estimate of drug-likeness (QED) is 0.724. The Morgan fingerprint density at radius 1 is 1.17 bits per heavy atom. The van der Waals surface area contributed by atoms with Crippen LogP contribution in [-0.4, -0.2) is 42.5 Å². The molecule has 162 valence electrons. The van der Waals surface area contributed by atoms with E-state index in [1.807, 2.05) is 6.92 Å². The van der Waals surface area contributed by atoms with E-state index < -0.39 is 45.9 Å². The van der Waals surface area contributed by atoms with Gasteiger partial charge >= 0.3 is 5.97 Å². The molecule has 1 fully saturated rings. The van der Waals surface area contributed by atoms with E-state index in [1.165, 1.54) is 19.1 Å². The van der Waals surface area contributed by atoms with Crippen molar-refractivity contribution in [3.8, 4) is 0 Å². The highest BCUT2D eigenvalue weighted by molar-refractivity contribution is 7.89. The van der Waals surface area contributed by atoms with Crippen molar-refractivity contribution in [2.24, 2.45) is 0 Å². The van der Waals surface area contributed by atoms with E-state index in [-0.39, 0.29) is 23.4 Å². The number of aryl methyl sites for hydroxylation is 2. The number of halogens is 2. The largest absolute Gasteiger partial charge is 0.456 e. The van der Waals surface area contributed by atoms with Crippen LogP contribution in [0.2, 0.25) is 0 Å². The second kappa shape index (κ2) is 8.41. The second-order valence-electron chi connectivity index (χ2n) is 7.47. The molecular weight excluding hydrogens is 416 g/mol. The van der Waals surface area contributed by atoms with E-state index in [2.05, 4.69) is 0 Å². The van der Waals surface area contributed by atoms with Crippen LogP contribution in [0, 0.1) is 25.5 Å². The summed E-state index contributed by atoms with van der Waals surface area (Å²) in [6.07, 6.45) is -2.25. The highest BCUT2D eigenvalue weighted by Crippen LogP contribution is 2.30. The van der Waals surface area contributed by atoms with Gasteiger partial charge in [-0.3, -0.25) is 4.79 Å². The first-order valence-electron chi connectivity index (χ1n) is 9.43. The van der Waals surface area contributed by atoms with E-state index >= 15 is 0 Å². The van der Waals surface area contributed by atoms with Crippen molar-refractivity contribution >= 4 is 16.0 Å². The van der Waals surface area contributed by atoms with Crippen molar-refractivity contribution in [3.63, 3.8) is 0 Å². The molecule has 2 aromatic carbocycles. The van der Waals surface area contributed by atoms with Crippen LogP contribution in [-0.2, 0) is 19.6 Å². The van der Waals surface area contributed by atoms with Crippen molar-refractivity contribution in [2.75, 3.05) is 6.54 Å². The molecular formula is C21H23F2NO5S. The number of hydrogen-bond donors (Lipinski definition) is 1. The Kier molecular flexibility index (Phi) is 6.26. The molecule has 1 heterocycles. The first kappa shape index (κ1) is 22.3. The molecule has 2 unspecified atom stereocenters. The summed E-state index contributed by atoms with van der Waals surface area (Å²) in [6.45, 7) is 4.77. The molecule has 0 aliphatic carbocycles. The third-order valence-electron chi connectivity index (χ3n) is 5.28. The Labute approximate surface area is 174 Å². The summed E-state index contributed by atoms with van der Waals surface area (Å²) in [4.78, 5) is 12.7. The van der Waals surface area contributed by atoms with Crippen molar-refractivity contribution in [1.82, 2.24) is 4.31 Å². The number of hydrogen-bond acceptors (Lipinski definition) is 5. The zero-order valence-corrected chi connectivity index (χ0v) is 17.6. The fraction of sp³-hybridized carbons (Fsp3) is 0.381. The average Bonchev–Trinajstić information content (AvgIpc) is 3.06. The van der Waals surface area contributed by atoms with Crippen LogP contribution in [0.25, 0.3) is 0 Å². The van der Waals surface area contributed by atoms with Gasteiger partial charge < -0.3 is 9.84 Å². The smallest absolute Gasteiger partial charge is 0.325 e. The molecule has 9 heteroatoms. The van der Waals surface area contributed by atoms with Gasteiger partial charge in [-0.1, -0.05) is 6.07 Å². The molecule has 1 aliphatic heterocycles. The summed E-state index contributed by atoms with van der Waals surface area (Å²) < 4.78 is 59.5. The normalized spacial score (nSPS) is 20.9. The Balaban J connectivity index is 1.84. The first-order chi connectivity index (χ1) is 14.0. The van der Waals surface area contributed by atoms with Crippen LogP contribution in [0.3, 0.4) is 0 Å². The molecule has 0 aromatic heterocycles. The SMILES string of the molecule is Cc1ccc(S(=O)(=O)N2CC(O)C[C@H]2C(=O)OC(C)c2ccc(F)cc2F)cc1C. The lowest BCUT2D eigenvalue weighted by Crippen LogP contribution is -2.41. The highest BCUT2D eigenvalue weighted by atomic mass is 32.2. The molecule has 0 radical (unpaired) electrons. The lowest BCUT2D eigenvalue weighted by molar-refractivity contribution is -0.152. The Morgan fingerprint density at radius 2 is 1.87 bits per heavy atom. The fourth-order valence-corrected chi connectivity index (χ4v) is 5.13. The molecule has 0 amide bonds. The molecule has 0 spiro atoms. The highest BCUT2D eigenvalue weighted by Gasteiger charge is 2.45. The van der Waals surface area contributed by atoms with E-state index in [0.717, 1.165) is 27.6 Å². The van der Waals surface area contributed by atoms with Crippen LogP contribution >= 0.6 is 0 Å². The van der Waals surface area contributed by atoms with Gasteiger partial charge in [-0.25, -0.2) is 17.2 Å². The standard InChI is InChI=1S/C21H23F2NO5S/c1-12-4-6-17(8-13(12)2)30(27,28)24-11-16(25)10-20(24)21(26)29-14(3)18-7-5-15(22)9-19(18)23/h4-9,14,16,20,25H,10-11H2,1-3H3/t14?,16?,20-/m0/s1. The molecule has 0 bridgehead atoms. The predicted octanol–water partition coefficient (Wildman–Crippen LogP) is 3.01. The van der Waals surface area contributed by atoms with Gasteiger partial charge in [-0.15, -0.1) is 0 Å². The molecule has 1 N–H and O–H groups in total. The summed E-state index contributed by atoms with van der Waals surface area (Å²) in [6, 6.07) is 6.25. The molecule has 2 aromatic rings. The van der Waals surface area contributed by atoms with E-state index in [9.17, 15) is 27.1 Å². The van der Waals surface area contributed by atoms with Gasteiger partial charge in [0.15, 0.2) is 0 Å². The number of nitrogens with zero attached hydrogens (tertiary/aromatic N) is 1. The predicted molar refractivity (Wildman–Crippen MR) is 105 cm³/mol. The minimum absolute atomic E-state index is 0.00938. The number of benzene rings is 2. The van der Waals surface area contributed by atoms with Crippen LogP contribution in [0.4, 0.5) is 8.78 Å². The lowest BCUT2D eigenvalue weighted by atomic mass is 10.1. The summed E-state index contributed by atoms with van der Waals surface area (Å²) in [5, 5.41) is 10.0. The van der Waals surface area contributed by atoms with Gasteiger partial charge in [0.25, 0.3) is 0 Å². The molecule has 6 nitrogen and oxygen atoms in total. The number of β-amino-alcohol motifs (C(OH)–C–C–N with tert-alkyl or cyclic N) is 1. The topological polar surface area (TPSA) is 83.9 Å². The summed E-state index contributed by atoms with van der Waals surface area (Å²) in [7, 11) is -4.07. The molecule has 30 heavy (non-hydrogen) atoms. The second-order valence-corrected chi connectivity index (χ2v) is 9.36. The fourth-order valence-electron chi connectivity index (χ4n) is 3.42. The summed E-state index contributed by atoms with van der Waals surface area (Å²) in [5.74, 6) is -2.55. The van der Waals surface area contributed by atoms with Crippen LogP contribution in [0.5, 0.6) is 0 Å².